The number of likely N-dealkylation sites (tertiary alicyclic amines) is 1. The molecule has 0 bridgehead atoms. The first-order valence-electron chi connectivity index (χ1n) is 6.77. The minimum absolute atomic E-state index is 0.000372. The molecule has 1 heterocycles. The standard InChI is InChI=1S/C15H16FN3O3/c1-22-9-15(14(18)21)5-2-6-19(15)13(20)10-3-4-12(16)11(7-10)8-17/h3-4,7H,2,5-6,9H2,1H3,(H2,18,21). The van der Waals surface area contributed by atoms with Gasteiger partial charge in [-0.3, -0.25) is 9.59 Å². The van der Waals surface area contributed by atoms with Crippen LogP contribution in [-0.4, -0.2) is 42.5 Å². The van der Waals surface area contributed by atoms with Crippen molar-refractivity contribution in [3.05, 3.63) is 35.1 Å². The fourth-order valence-corrected chi connectivity index (χ4v) is 2.79. The van der Waals surface area contributed by atoms with Crippen molar-refractivity contribution in [1.82, 2.24) is 4.90 Å². The van der Waals surface area contributed by atoms with Crippen LogP contribution in [0.15, 0.2) is 18.2 Å². The SMILES string of the molecule is COCC1(C(N)=O)CCCN1C(=O)c1ccc(F)c(C#N)c1. The van der Waals surface area contributed by atoms with Crippen LogP contribution in [0.3, 0.4) is 0 Å². The number of carbonyl (C=O) groups excluding carboxylic acids is 2. The van der Waals surface area contributed by atoms with E-state index >= 15 is 0 Å². The Bertz CT molecular complexity index is 656. The number of rotatable bonds is 4. The van der Waals surface area contributed by atoms with Crippen molar-refractivity contribution >= 4 is 11.8 Å². The van der Waals surface area contributed by atoms with Crippen molar-refractivity contribution in [3.8, 4) is 6.07 Å². The van der Waals surface area contributed by atoms with Crippen LogP contribution in [0.2, 0.25) is 0 Å². The fraction of sp³-hybridized carbons (Fsp3) is 0.400. The Labute approximate surface area is 127 Å². The second kappa shape index (κ2) is 6.12. The van der Waals surface area contributed by atoms with E-state index in [9.17, 15) is 14.0 Å². The molecule has 0 radical (unpaired) electrons. The van der Waals surface area contributed by atoms with Crippen molar-refractivity contribution in [1.29, 1.82) is 5.26 Å². The summed E-state index contributed by atoms with van der Waals surface area (Å²) in [6.45, 7) is 0.352. The molecule has 0 aromatic heterocycles. The number of methoxy groups -OCH3 is 1. The second-order valence-corrected chi connectivity index (χ2v) is 5.20. The van der Waals surface area contributed by atoms with Crippen molar-refractivity contribution in [2.24, 2.45) is 5.73 Å². The highest BCUT2D eigenvalue weighted by molar-refractivity contribution is 5.99. The van der Waals surface area contributed by atoms with Crippen molar-refractivity contribution in [2.45, 2.75) is 18.4 Å². The smallest absolute Gasteiger partial charge is 0.254 e. The zero-order valence-corrected chi connectivity index (χ0v) is 12.1. The first-order valence-corrected chi connectivity index (χ1v) is 6.77. The van der Waals surface area contributed by atoms with Crippen molar-refractivity contribution in [2.75, 3.05) is 20.3 Å². The first kappa shape index (κ1) is 15.9. The normalized spacial score (nSPS) is 20.7. The number of benzene rings is 1. The van der Waals surface area contributed by atoms with Crippen LogP contribution in [0.4, 0.5) is 4.39 Å². The van der Waals surface area contributed by atoms with Gasteiger partial charge in [0.2, 0.25) is 5.91 Å². The molecular formula is C15H16FN3O3. The fourth-order valence-electron chi connectivity index (χ4n) is 2.79. The summed E-state index contributed by atoms with van der Waals surface area (Å²) in [5.41, 5.74) is 4.20. The number of carbonyl (C=O) groups is 2. The Morgan fingerprint density at radius 3 is 2.86 bits per heavy atom. The molecule has 2 N–H and O–H groups in total. The van der Waals surface area contributed by atoms with Crippen LogP contribution in [0.1, 0.15) is 28.8 Å². The van der Waals surface area contributed by atoms with E-state index in [1.807, 2.05) is 0 Å². The molecular weight excluding hydrogens is 289 g/mol. The molecule has 1 aliphatic heterocycles. The van der Waals surface area contributed by atoms with Gasteiger partial charge in [-0.2, -0.15) is 5.26 Å². The van der Waals surface area contributed by atoms with Crippen LogP contribution in [0.25, 0.3) is 0 Å². The Hall–Kier alpha value is -2.46. The summed E-state index contributed by atoms with van der Waals surface area (Å²) in [5, 5.41) is 8.86. The number of nitrogens with zero attached hydrogens (tertiary/aromatic N) is 2. The Morgan fingerprint density at radius 2 is 2.27 bits per heavy atom. The van der Waals surface area contributed by atoms with E-state index in [4.69, 9.17) is 15.7 Å². The molecule has 1 atom stereocenters. The molecule has 7 heteroatoms. The summed E-state index contributed by atoms with van der Waals surface area (Å²) in [4.78, 5) is 25.9. The summed E-state index contributed by atoms with van der Waals surface area (Å²) in [6, 6.07) is 5.21. The number of nitrogens with two attached hydrogens (primary N) is 1. The van der Waals surface area contributed by atoms with Gasteiger partial charge in [0.25, 0.3) is 5.91 Å². The minimum atomic E-state index is -1.20. The average molecular weight is 305 g/mol. The van der Waals surface area contributed by atoms with Crippen LogP contribution in [0.5, 0.6) is 0 Å². The third kappa shape index (κ3) is 2.53. The summed E-state index contributed by atoms with van der Waals surface area (Å²) in [5.74, 6) is -1.80. The van der Waals surface area contributed by atoms with Crippen LogP contribution in [-0.2, 0) is 9.53 Å². The summed E-state index contributed by atoms with van der Waals surface area (Å²) >= 11 is 0. The average Bonchev–Trinajstić information content (AvgIpc) is 2.92. The molecule has 1 aromatic rings. The first-order chi connectivity index (χ1) is 10.5. The van der Waals surface area contributed by atoms with Crippen LogP contribution >= 0.6 is 0 Å². The highest BCUT2D eigenvalue weighted by Crippen LogP contribution is 2.31. The lowest BCUT2D eigenvalue weighted by atomic mass is 9.95. The van der Waals surface area contributed by atoms with E-state index in [0.29, 0.717) is 19.4 Å². The second-order valence-electron chi connectivity index (χ2n) is 5.20. The number of hydrogen-bond acceptors (Lipinski definition) is 4. The number of primary amides is 1. The lowest BCUT2D eigenvalue weighted by Crippen LogP contribution is -2.58. The Kier molecular flexibility index (Phi) is 4.43. The quantitative estimate of drug-likeness (QED) is 0.890. The number of hydrogen-bond donors (Lipinski definition) is 1. The van der Waals surface area contributed by atoms with Gasteiger partial charge in [-0.05, 0) is 31.0 Å². The highest BCUT2D eigenvalue weighted by atomic mass is 19.1. The lowest BCUT2D eigenvalue weighted by molar-refractivity contribution is -0.130. The lowest BCUT2D eigenvalue weighted by Gasteiger charge is -2.35. The largest absolute Gasteiger partial charge is 0.382 e. The van der Waals surface area contributed by atoms with Crippen LogP contribution in [0, 0.1) is 17.1 Å². The molecule has 0 spiro atoms. The minimum Gasteiger partial charge on any atom is -0.382 e. The molecule has 2 rings (SSSR count). The van der Waals surface area contributed by atoms with Gasteiger partial charge in [-0.1, -0.05) is 0 Å². The molecule has 1 fully saturated rings. The molecule has 1 aromatic carbocycles. The maximum atomic E-state index is 13.4. The van der Waals surface area contributed by atoms with Gasteiger partial charge >= 0.3 is 0 Å². The van der Waals surface area contributed by atoms with E-state index in [1.165, 1.54) is 24.1 Å². The number of ether oxygens (including phenoxy) is 1. The molecule has 1 unspecified atom stereocenters. The molecule has 6 nitrogen and oxygen atoms in total. The van der Waals surface area contributed by atoms with Gasteiger partial charge in [0, 0.05) is 19.2 Å². The van der Waals surface area contributed by atoms with E-state index in [0.717, 1.165) is 6.07 Å². The molecule has 0 aliphatic carbocycles. The van der Waals surface area contributed by atoms with Crippen molar-refractivity contribution < 1.29 is 18.7 Å². The summed E-state index contributed by atoms with van der Waals surface area (Å²) in [7, 11) is 1.43. The Balaban J connectivity index is 2.39. The monoisotopic (exact) mass is 305 g/mol. The third-order valence-electron chi connectivity index (χ3n) is 3.91. The predicted molar refractivity (Wildman–Crippen MR) is 75.2 cm³/mol. The third-order valence-corrected chi connectivity index (χ3v) is 3.91. The maximum absolute atomic E-state index is 13.4. The molecule has 116 valence electrons. The van der Waals surface area contributed by atoms with Crippen LogP contribution < -0.4 is 5.73 Å². The number of halogens is 1. The zero-order chi connectivity index (χ0) is 16.3. The molecule has 22 heavy (non-hydrogen) atoms. The molecule has 0 saturated carbocycles. The van der Waals surface area contributed by atoms with Gasteiger partial charge in [0.05, 0.1) is 12.2 Å². The highest BCUT2D eigenvalue weighted by Gasteiger charge is 2.48. The van der Waals surface area contributed by atoms with Gasteiger partial charge in [0.1, 0.15) is 17.4 Å². The number of nitriles is 1. The molecule has 2 amide bonds. The van der Waals surface area contributed by atoms with Gasteiger partial charge < -0.3 is 15.4 Å². The zero-order valence-electron chi connectivity index (χ0n) is 12.1. The van der Waals surface area contributed by atoms with E-state index in [1.54, 1.807) is 6.07 Å². The predicted octanol–water partition coefficient (Wildman–Crippen LogP) is 0.804. The maximum Gasteiger partial charge on any atom is 0.254 e. The van der Waals surface area contributed by atoms with Gasteiger partial charge in [0.15, 0.2) is 0 Å². The van der Waals surface area contributed by atoms with Crippen molar-refractivity contribution in [3.63, 3.8) is 0 Å². The van der Waals surface area contributed by atoms with E-state index in [2.05, 4.69) is 0 Å². The summed E-state index contributed by atoms with van der Waals surface area (Å²) in [6.07, 6.45) is 1.03. The van der Waals surface area contributed by atoms with E-state index in [-0.39, 0.29) is 17.7 Å². The van der Waals surface area contributed by atoms with Gasteiger partial charge in [-0.15, -0.1) is 0 Å². The van der Waals surface area contributed by atoms with Gasteiger partial charge in [-0.25, -0.2) is 4.39 Å². The Morgan fingerprint density at radius 1 is 1.55 bits per heavy atom. The molecule has 1 aliphatic rings. The number of amides is 2. The topological polar surface area (TPSA) is 96.4 Å². The summed E-state index contributed by atoms with van der Waals surface area (Å²) < 4.78 is 18.4. The van der Waals surface area contributed by atoms with E-state index < -0.39 is 23.2 Å². The molecule has 1 saturated heterocycles.